The Morgan fingerprint density at radius 1 is 1.21 bits per heavy atom. The number of hydrogen-bond acceptors (Lipinski definition) is 4. The average Bonchev–Trinajstić information content (AvgIpc) is 2.72. The molecule has 2 heterocycles. The molecule has 4 heteroatoms. The third kappa shape index (κ3) is 2.73. The summed E-state index contributed by atoms with van der Waals surface area (Å²) in [6, 6.07) is 2.12. The Balaban J connectivity index is 1.97. The molecule has 19 heavy (non-hydrogen) atoms. The maximum Gasteiger partial charge on any atom is 0.138 e. The van der Waals surface area contributed by atoms with E-state index in [-0.39, 0.29) is 0 Å². The standard InChI is InChI=1S/C15H21N3S/c1-2-16-14-12-9-10-19-15(12)18-13(17-14)11-7-5-3-4-6-8-11/h9-11H,2-8H2,1H3,(H,16,17,18). The highest BCUT2D eigenvalue weighted by molar-refractivity contribution is 7.16. The third-order valence-electron chi connectivity index (χ3n) is 3.91. The Kier molecular flexibility index (Phi) is 3.97. The van der Waals surface area contributed by atoms with Gasteiger partial charge >= 0.3 is 0 Å². The van der Waals surface area contributed by atoms with Gasteiger partial charge in [-0.25, -0.2) is 9.97 Å². The van der Waals surface area contributed by atoms with Crippen LogP contribution in [0, 0.1) is 0 Å². The zero-order valence-corrected chi connectivity index (χ0v) is 12.3. The maximum atomic E-state index is 4.81. The first-order valence-corrected chi connectivity index (χ1v) is 8.25. The number of thiophene rings is 1. The first-order valence-electron chi connectivity index (χ1n) is 7.37. The van der Waals surface area contributed by atoms with Crippen LogP contribution >= 0.6 is 11.3 Å². The van der Waals surface area contributed by atoms with Gasteiger partial charge in [0.1, 0.15) is 16.5 Å². The van der Waals surface area contributed by atoms with E-state index < -0.39 is 0 Å². The van der Waals surface area contributed by atoms with E-state index in [1.54, 1.807) is 11.3 Å². The van der Waals surface area contributed by atoms with E-state index >= 15 is 0 Å². The van der Waals surface area contributed by atoms with Gasteiger partial charge < -0.3 is 5.32 Å². The predicted molar refractivity (Wildman–Crippen MR) is 82.0 cm³/mol. The van der Waals surface area contributed by atoms with Crippen LogP contribution < -0.4 is 5.32 Å². The van der Waals surface area contributed by atoms with Gasteiger partial charge in [-0.2, -0.15) is 0 Å². The van der Waals surface area contributed by atoms with Crippen LogP contribution in [0.1, 0.15) is 57.2 Å². The van der Waals surface area contributed by atoms with Crippen molar-refractivity contribution in [1.29, 1.82) is 0 Å². The van der Waals surface area contributed by atoms with Gasteiger partial charge in [0.05, 0.1) is 5.39 Å². The van der Waals surface area contributed by atoms with Crippen molar-refractivity contribution in [3.8, 4) is 0 Å². The summed E-state index contributed by atoms with van der Waals surface area (Å²) in [5, 5.41) is 6.67. The van der Waals surface area contributed by atoms with E-state index in [1.807, 2.05) is 0 Å². The number of anilines is 1. The Morgan fingerprint density at radius 2 is 2.00 bits per heavy atom. The number of nitrogens with zero attached hydrogens (tertiary/aromatic N) is 2. The van der Waals surface area contributed by atoms with Crippen LogP contribution in [0.4, 0.5) is 5.82 Å². The highest BCUT2D eigenvalue weighted by Gasteiger charge is 2.19. The fourth-order valence-corrected chi connectivity index (χ4v) is 3.67. The van der Waals surface area contributed by atoms with E-state index in [0.29, 0.717) is 5.92 Å². The topological polar surface area (TPSA) is 37.8 Å². The summed E-state index contributed by atoms with van der Waals surface area (Å²) in [6.07, 6.45) is 7.90. The summed E-state index contributed by atoms with van der Waals surface area (Å²) >= 11 is 1.72. The molecule has 0 bridgehead atoms. The SMILES string of the molecule is CCNc1nc(C2CCCCCC2)nc2sccc12. The van der Waals surface area contributed by atoms with Crippen LogP contribution in [0.2, 0.25) is 0 Å². The molecule has 0 spiro atoms. The first-order chi connectivity index (χ1) is 9.38. The molecule has 2 aromatic heterocycles. The summed E-state index contributed by atoms with van der Waals surface area (Å²) in [5.41, 5.74) is 0. The molecule has 3 rings (SSSR count). The van der Waals surface area contributed by atoms with Gasteiger partial charge in [0.25, 0.3) is 0 Å². The summed E-state index contributed by atoms with van der Waals surface area (Å²) in [5.74, 6) is 2.65. The Labute approximate surface area is 118 Å². The minimum absolute atomic E-state index is 0.561. The number of hydrogen-bond donors (Lipinski definition) is 1. The summed E-state index contributed by atoms with van der Waals surface area (Å²) in [4.78, 5) is 10.8. The zero-order chi connectivity index (χ0) is 13.1. The quantitative estimate of drug-likeness (QED) is 0.834. The van der Waals surface area contributed by atoms with Gasteiger partial charge in [0.15, 0.2) is 0 Å². The largest absolute Gasteiger partial charge is 0.370 e. The van der Waals surface area contributed by atoms with Gasteiger partial charge in [-0.15, -0.1) is 11.3 Å². The van der Waals surface area contributed by atoms with E-state index in [1.165, 1.54) is 43.9 Å². The maximum absolute atomic E-state index is 4.81. The van der Waals surface area contributed by atoms with Crippen LogP contribution in [0.15, 0.2) is 11.4 Å². The molecular formula is C15H21N3S. The monoisotopic (exact) mass is 275 g/mol. The lowest BCUT2D eigenvalue weighted by Crippen LogP contribution is -2.08. The van der Waals surface area contributed by atoms with Gasteiger partial charge in [-0.3, -0.25) is 0 Å². The van der Waals surface area contributed by atoms with Crippen LogP contribution in [0.5, 0.6) is 0 Å². The van der Waals surface area contributed by atoms with Gasteiger partial charge in [0.2, 0.25) is 0 Å². The lowest BCUT2D eigenvalue weighted by atomic mass is 9.99. The minimum Gasteiger partial charge on any atom is -0.370 e. The van der Waals surface area contributed by atoms with Crippen LogP contribution in [0.3, 0.4) is 0 Å². The molecule has 0 saturated heterocycles. The molecule has 0 amide bonds. The number of rotatable bonds is 3. The Bertz CT molecular complexity index is 541. The average molecular weight is 275 g/mol. The molecule has 1 saturated carbocycles. The normalized spacial score (nSPS) is 17.5. The van der Waals surface area contributed by atoms with E-state index in [9.17, 15) is 0 Å². The van der Waals surface area contributed by atoms with E-state index in [0.717, 1.165) is 23.0 Å². The molecule has 102 valence electrons. The molecule has 0 aromatic carbocycles. The minimum atomic E-state index is 0.561. The van der Waals surface area contributed by atoms with Crippen molar-refractivity contribution in [2.45, 2.75) is 51.4 Å². The molecule has 1 N–H and O–H groups in total. The number of aromatic nitrogens is 2. The van der Waals surface area contributed by atoms with Gasteiger partial charge in [-0.1, -0.05) is 25.7 Å². The molecule has 0 radical (unpaired) electrons. The van der Waals surface area contributed by atoms with Crippen molar-refractivity contribution in [1.82, 2.24) is 9.97 Å². The first kappa shape index (κ1) is 12.9. The predicted octanol–water partition coefficient (Wildman–Crippen LogP) is 4.56. The molecule has 1 aliphatic carbocycles. The molecule has 1 fully saturated rings. The molecule has 1 aliphatic rings. The van der Waals surface area contributed by atoms with Crippen molar-refractivity contribution in [3.05, 3.63) is 17.3 Å². The second-order valence-corrected chi connectivity index (χ2v) is 6.18. The van der Waals surface area contributed by atoms with Crippen molar-refractivity contribution in [2.75, 3.05) is 11.9 Å². The fourth-order valence-electron chi connectivity index (χ4n) is 2.89. The molecule has 0 unspecified atom stereocenters. The molecule has 0 aliphatic heterocycles. The fraction of sp³-hybridized carbons (Fsp3) is 0.600. The Hall–Kier alpha value is -1.16. The van der Waals surface area contributed by atoms with Crippen molar-refractivity contribution < 1.29 is 0 Å². The zero-order valence-electron chi connectivity index (χ0n) is 11.5. The van der Waals surface area contributed by atoms with Crippen LogP contribution in [-0.4, -0.2) is 16.5 Å². The molecule has 2 aromatic rings. The molecule has 0 atom stereocenters. The van der Waals surface area contributed by atoms with E-state index in [2.05, 4.69) is 23.7 Å². The van der Waals surface area contributed by atoms with Gasteiger partial charge in [0, 0.05) is 12.5 Å². The van der Waals surface area contributed by atoms with Crippen molar-refractivity contribution in [2.24, 2.45) is 0 Å². The Morgan fingerprint density at radius 3 is 2.74 bits per heavy atom. The smallest absolute Gasteiger partial charge is 0.138 e. The summed E-state index contributed by atoms with van der Waals surface area (Å²) in [7, 11) is 0. The van der Waals surface area contributed by atoms with Gasteiger partial charge in [-0.05, 0) is 31.2 Å². The van der Waals surface area contributed by atoms with E-state index in [4.69, 9.17) is 9.97 Å². The lowest BCUT2D eigenvalue weighted by molar-refractivity contribution is 0.563. The summed E-state index contributed by atoms with van der Waals surface area (Å²) in [6.45, 7) is 3.03. The second-order valence-electron chi connectivity index (χ2n) is 5.29. The summed E-state index contributed by atoms with van der Waals surface area (Å²) < 4.78 is 0. The highest BCUT2D eigenvalue weighted by atomic mass is 32.1. The third-order valence-corrected chi connectivity index (χ3v) is 4.71. The van der Waals surface area contributed by atoms with Crippen LogP contribution in [0.25, 0.3) is 10.2 Å². The molecular weight excluding hydrogens is 254 g/mol. The second kappa shape index (κ2) is 5.87. The van der Waals surface area contributed by atoms with Crippen molar-refractivity contribution >= 4 is 27.4 Å². The number of fused-ring (bicyclic) bond motifs is 1. The molecule has 3 nitrogen and oxygen atoms in total. The van der Waals surface area contributed by atoms with Crippen molar-refractivity contribution in [3.63, 3.8) is 0 Å². The lowest BCUT2D eigenvalue weighted by Gasteiger charge is -2.14. The van der Waals surface area contributed by atoms with Crippen LogP contribution in [-0.2, 0) is 0 Å². The number of nitrogens with one attached hydrogen (secondary N) is 1. The highest BCUT2D eigenvalue weighted by Crippen LogP contribution is 2.33.